The van der Waals surface area contributed by atoms with E-state index in [0.29, 0.717) is 0 Å². The fraction of sp³-hybridized carbons (Fsp3) is 0.583. The molecule has 0 radical (unpaired) electrons. The maximum absolute atomic E-state index is 12.2. The van der Waals surface area contributed by atoms with Crippen LogP contribution in [0.25, 0.3) is 0 Å². The molecule has 1 heterocycles. The van der Waals surface area contributed by atoms with E-state index >= 15 is 0 Å². The number of rotatable bonds is 6. The SMILES string of the molecule is CCN(CCCN(C)C)C(=O)c1sccc1Br. The zero-order valence-electron chi connectivity index (χ0n) is 10.6. The fourth-order valence-corrected chi connectivity index (χ4v) is 3.08. The molecule has 3 nitrogen and oxygen atoms in total. The summed E-state index contributed by atoms with van der Waals surface area (Å²) in [7, 11) is 4.10. The van der Waals surface area contributed by atoms with Crippen LogP contribution in [0, 0.1) is 0 Å². The Morgan fingerprint density at radius 3 is 2.59 bits per heavy atom. The molecular formula is C12H19BrN2OS. The first-order valence-electron chi connectivity index (χ1n) is 5.73. The molecule has 17 heavy (non-hydrogen) atoms. The van der Waals surface area contributed by atoms with Gasteiger partial charge in [-0.1, -0.05) is 0 Å². The van der Waals surface area contributed by atoms with E-state index in [0.717, 1.165) is 35.4 Å². The number of thiophene rings is 1. The van der Waals surface area contributed by atoms with Gasteiger partial charge in [0.25, 0.3) is 5.91 Å². The highest BCUT2D eigenvalue weighted by atomic mass is 79.9. The van der Waals surface area contributed by atoms with Gasteiger partial charge in [-0.15, -0.1) is 11.3 Å². The Hall–Kier alpha value is -0.390. The number of halogens is 1. The van der Waals surface area contributed by atoms with E-state index in [9.17, 15) is 4.79 Å². The highest BCUT2D eigenvalue weighted by molar-refractivity contribution is 9.10. The third-order valence-electron chi connectivity index (χ3n) is 2.51. The molecule has 0 bridgehead atoms. The van der Waals surface area contributed by atoms with Crippen molar-refractivity contribution < 1.29 is 4.79 Å². The van der Waals surface area contributed by atoms with Crippen LogP contribution in [0.5, 0.6) is 0 Å². The molecule has 1 aromatic heterocycles. The van der Waals surface area contributed by atoms with E-state index in [4.69, 9.17) is 0 Å². The van der Waals surface area contributed by atoms with Crippen LogP contribution in [-0.4, -0.2) is 49.4 Å². The van der Waals surface area contributed by atoms with Crippen molar-refractivity contribution in [1.82, 2.24) is 9.80 Å². The van der Waals surface area contributed by atoms with Crippen LogP contribution in [0.15, 0.2) is 15.9 Å². The summed E-state index contributed by atoms with van der Waals surface area (Å²) in [6.07, 6.45) is 1.01. The third-order valence-corrected chi connectivity index (χ3v) is 4.34. The van der Waals surface area contributed by atoms with Crippen molar-refractivity contribution >= 4 is 33.2 Å². The lowest BCUT2D eigenvalue weighted by Crippen LogP contribution is -2.32. The van der Waals surface area contributed by atoms with Gasteiger partial charge in [-0.05, 0) is 61.4 Å². The molecule has 1 rings (SSSR count). The number of hydrogen-bond donors (Lipinski definition) is 0. The highest BCUT2D eigenvalue weighted by Gasteiger charge is 2.17. The van der Waals surface area contributed by atoms with Crippen molar-refractivity contribution in [2.45, 2.75) is 13.3 Å². The van der Waals surface area contributed by atoms with Crippen molar-refractivity contribution in [3.05, 3.63) is 20.8 Å². The molecule has 0 aliphatic heterocycles. The summed E-state index contributed by atoms with van der Waals surface area (Å²) in [6.45, 7) is 4.61. The van der Waals surface area contributed by atoms with Gasteiger partial charge in [0.05, 0.1) is 0 Å². The summed E-state index contributed by atoms with van der Waals surface area (Å²) < 4.78 is 0.901. The zero-order chi connectivity index (χ0) is 12.8. The van der Waals surface area contributed by atoms with E-state index in [2.05, 4.69) is 20.8 Å². The van der Waals surface area contributed by atoms with Crippen molar-refractivity contribution in [3.63, 3.8) is 0 Å². The zero-order valence-corrected chi connectivity index (χ0v) is 13.0. The van der Waals surface area contributed by atoms with Crippen molar-refractivity contribution in [3.8, 4) is 0 Å². The Balaban J connectivity index is 2.56. The van der Waals surface area contributed by atoms with Gasteiger partial charge in [-0.3, -0.25) is 4.79 Å². The van der Waals surface area contributed by atoms with Gasteiger partial charge in [-0.2, -0.15) is 0 Å². The molecule has 1 amide bonds. The Morgan fingerprint density at radius 1 is 1.41 bits per heavy atom. The first kappa shape index (κ1) is 14.7. The molecule has 0 saturated carbocycles. The van der Waals surface area contributed by atoms with Gasteiger partial charge in [0, 0.05) is 17.6 Å². The molecule has 0 aromatic carbocycles. The Labute approximate surface area is 116 Å². The van der Waals surface area contributed by atoms with E-state index in [1.807, 2.05) is 37.4 Å². The van der Waals surface area contributed by atoms with Crippen molar-refractivity contribution in [2.75, 3.05) is 33.7 Å². The predicted octanol–water partition coefficient (Wildman–Crippen LogP) is 2.92. The molecule has 0 fully saturated rings. The molecule has 0 aliphatic carbocycles. The monoisotopic (exact) mass is 318 g/mol. The van der Waals surface area contributed by atoms with Gasteiger partial charge in [0.15, 0.2) is 0 Å². The molecule has 0 N–H and O–H groups in total. The Morgan fingerprint density at radius 2 is 2.12 bits per heavy atom. The van der Waals surface area contributed by atoms with Crippen molar-refractivity contribution in [2.24, 2.45) is 0 Å². The minimum absolute atomic E-state index is 0.133. The minimum atomic E-state index is 0.133. The molecule has 5 heteroatoms. The summed E-state index contributed by atoms with van der Waals surface area (Å²) >= 11 is 4.90. The summed E-state index contributed by atoms with van der Waals surface area (Å²) in [5, 5.41) is 1.94. The molecule has 96 valence electrons. The predicted molar refractivity (Wildman–Crippen MR) is 76.8 cm³/mol. The number of carbonyl (C=O) groups is 1. The van der Waals surface area contributed by atoms with Gasteiger partial charge >= 0.3 is 0 Å². The summed E-state index contributed by atoms with van der Waals surface area (Å²) in [4.78, 5) is 17.1. The van der Waals surface area contributed by atoms with Gasteiger partial charge in [0.1, 0.15) is 4.88 Å². The maximum Gasteiger partial charge on any atom is 0.265 e. The van der Waals surface area contributed by atoms with Crippen LogP contribution in [0.1, 0.15) is 23.0 Å². The molecule has 0 spiro atoms. The third kappa shape index (κ3) is 4.41. The second kappa shape index (κ2) is 7.13. The van der Waals surface area contributed by atoms with Gasteiger partial charge in [-0.25, -0.2) is 0 Å². The van der Waals surface area contributed by atoms with Crippen LogP contribution < -0.4 is 0 Å². The minimum Gasteiger partial charge on any atom is -0.338 e. The fourth-order valence-electron chi connectivity index (χ4n) is 1.57. The highest BCUT2D eigenvalue weighted by Crippen LogP contribution is 2.24. The first-order chi connectivity index (χ1) is 8.06. The standard InChI is InChI=1S/C12H19BrN2OS/c1-4-15(8-5-7-14(2)3)12(16)11-10(13)6-9-17-11/h6,9H,4-5,7-8H2,1-3H3. The second-order valence-electron chi connectivity index (χ2n) is 4.14. The molecule has 0 atom stereocenters. The first-order valence-corrected chi connectivity index (χ1v) is 7.40. The molecular weight excluding hydrogens is 300 g/mol. The normalized spacial score (nSPS) is 10.9. The van der Waals surface area contributed by atoms with Crippen LogP contribution in [0.4, 0.5) is 0 Å². The number of nitrogens with zero attached hydrogens (tertiary/aromatic N) is 2. The topological polar surface area (TPSA) is 23.6 Å². The lowest BCUT2D eigenvalue weighted by molar-refractivity contribution is 0.0763. The van der Waals surface area contributed by atoms with E-state index in [1.54, 1.807) is 0 Å². The molecule has 1 aromatic rings. The molecule has 0 unspecified atom stereocenters. The van der Waals surface area contributed by atoms with Crippen LogP contribution >= 0.6 is 27.3 Å². The quantitative estimate of drug-likeness (QED) is 0.805. The lowest BCUT2D eigenvalue weighted by atomic mass is 10.3. The molecule has 0 aliphatic rings. The Kier molecular flexibility index (Phi) is 6.16. The Bertz CT molecular complexity index is 365. The molecule has 0 saturated heterocycles. The second-order valence-corrected chi connectivity index (χ2v) is 5.91. The lowest BCUT2D eigenvalue weighted by Gasteiger charge is -2.21. The van der Waals surface area contributed by atoms with Crippen molar-refractivity contribution in [1.29, 1.82) is 0 Å². The van der Waals surface area contributed by atoms with Gasteiger partial charge in [0.2, 0.25) is 0 Å². The maximum atomic E-state index is 12.2. The van der Waals surface area contributed by atoms with Crippen LogP contribution in [0.3, 0.4) is 0 Å². The van der Waals surface area contributed by atoms with Crippen LogP contribution in [0.2, 0.25) is 0 Å². The summed E-state index contributed by atoms with van der Waals surface area (Å²) in [5.74, 6) is 0.133. The van der Waals surface area contributed by atoms with E-state index < -0.39 is 0 Å². The van der Waals surface area contributed by atoms with E-state index in [-0.39, 0.29) is 5.91 Å². The number of carbonyl (C=O) groups excluding carboxylic acids is 1. The van der Waals surface area contributed by atoms with Gasteiger partial charge < -0.3 is 9.80 Å². The van der Waals surface area contributed by atoms with Crippen LogP contribution in [-0.2, 0) is 0 Å². The largest absolute Gasteiger partial charge is 0.338 e. The summed E-state index contributed by atoms with van der Waals surface area (Å²) in [6, 6.07) is 1.92. The van der Waals surface area contributed by atoms with E-state index in [1.165, 1.54) is 11.3 Å². The average molecular weight is 319 g/mol. The number of amides is 1. The number of hydrogen-bond acceptors (Lipinski definition) is 3. The average Bonchev–Trinajstić information content (AvgIpc) is 2.69. The smallest absolute Gasteiger partial charge is 0.265 e. The summed E-state index contributed by atoms with van der Waals surface area (Å²) in [5.41, 5.74) is 0.